The van der Waals surface area contributed by atoms with Crippen LogP contribution in [0.25, 0.3) is 0 Å². The van der Waals surface area contributed by atoms with Crippen LogP contribution in [0.5, 0.6) is 0 Å². The van der Waals surface area contributed by atoms with Crippen molar-refractivity contribution in [3.05, 3.63) is 12.2 Å². The molecular formula is C32H53NO2. The van der Waals surface area contributed by atoms with Crippen LogP contribution in [0.1, 0.15) is 112 Å². The molecule has 1 heterocycles. The van der Waals surface area contributed by atoms with E-state index in [2.05, 4.69) is 53.4 Å². The number of allylic oxidation sites excluding steroid dienone is 1. The maximum Gasteiger partial charge on any atom is 0.312 e. The molecule has 1 N–H and O–H groups in total. The molecule has 5 fully saturated rings. The van der Waals surface area contributed by atoms with Crippen molar-refractivity contribution in [2.45, 2.75) is 118 Å². The summed E-state index contributed by atoms with van der Waals surface area (Å²) < 4.78 is 5.57. The average Bonchev–Trinajstić information content (AvgIpc) is 2.93. The Morgan fingerprint density at radius 1 is 0.857 bits per heavy atom. The molecule has 0 spiro atoms. The first-order valence-electron chi connectivity index (χ1n) is 14.9. The smallest absolute Gasteiger partial charge is 0.312 e. The number of carbonyl (C=O) groups is 1. The van der Waals surface area contributed by atoms with Crippen molar-refractivity contribution in [2.24, 2.45) is 51.2 Å². The lowest BCUT2D eigenvalue weighted by atomic mass is 9.32. The summed E-state index contributed by atoms with van der Waals surface area (Å²) >= 11 is 0. The second kappa shape index (κ2) is 8.34. The quantitative estimate of drug-likeness (QED) is 0.325. The van der Waals surface area contributed by atoms with E-state index in [0.29, 0.717) is 28.6 Å². The van der Waals surface area contributed by atoms with Gasteiger partial charge in [-0.1, -0.05) is 39.3 Å². The van der Waals surface area contributed by atoms with Crippen molar-refractivity contribution >= 4 is 5.97 Å². The van der Waals surface area contributed by atoms with Crippen molar-refractivity contribution in [1.82, 2.24) is 5.32 Å². The minimum atomic E-state index is -0.292. The van der Waals surface area contributed by atoms with Crippen LogP contribution in [0.3, 0.4) is 0 Å². The first-order chi connectivity index (χ1) is 16.4. The van der Waals surface area contributed by atoms with Crippen LogP contribution in [-0.2, 0) is 9.53 Å². The maximum absolute atomic E-state index is 13.5. The van der Waals surface area contributed by atoms with Gasteiger partial charge in [-0.3, -0.25) is 4.79 Å². The molecule has 0 amide bonds. The lowest BCUT2D eigenvalue weighted by Gasteiger charge is -2.72. The predicted molar refractivity (Wildman–Crippen MR) is 144 cm³/mol. The van der Waals surface area contributed by atoms with Crippen molar-refractivity contribution in [2.75, 3.05) is 13.7 Å². The summed E-state index contributed by atoms with van der Waals surface area (Å²) in [4.78, 5) is 13.5. The summed E-state index contributed by atoms with van der Waals surface area (Å²) in [6.07, 6.45) is 13.5. The highest BCUT2D eigenvalue weighted by atomic mass is 16.5. The Bertz CT molecular complexity index is 879. The summed E-state index contributed by atoms with van der Waals surface area (Å²) in [5, 5.41) is 3.94. The van der Waals surface area contributed by atoms with E-state index in [1.165, 1.54) is 56.9 Å². The van der Waals surface area contributed by atoms with Crippen LogP contribution in [-0.4, -0.2) is 25.2 Å². The summed E-state index contributed by atoms with van der Waals surface area (Å²) in [6, 6.07) is 0. The zero-order chi connectivity index (χ0) is 25.4. The van der Waals surface area contributed by atoms with Crippen molar-refractivity contribution < 1.29 is 9.53 Å². The Labute approximate surface area is 215 Å². The molecule has 198 valence electrons. The van der Waals surface area contributed by atoms with Gasteiger partial charge in [0.15, 0.2) is 0 Å². The third kappa shape index (κ3) is 3.34. The predicted octanol–water partition coefficient (Wildman–Crippen LogP) is 7.55. The highest BCUT2D eigenvalue weighted by molar-refractivity contribution is 5.78. The fourth-order valence-corrected chi connectivity index (χ4v) is 11.8. The summed E-state index contributed by atoms with van der Waals surface area (Å²) in [7, 11) is 1.62. The molecule has 0 aromatic carbocycles. The highest BCUT2D eigenvalue weighted by Crippen LogP contribution is 2.76. The molecule has 3 heteroatoms. The summed E-state index contributed by atoms with van der Waals surface area (Å²) in [5.41, 5.74) is 2.23. The SMILES string of the molecule is C=C(C)[C@@H]1CCC[C@]2(C(=O)OC)CC[C@]3(C)[C@@H](CC[C@@H]4[C@@]5(C)CCCNC(C)(C)[C@@H]5CC[C@]43C)[C@@H]12. The molecule has 1 aliphatic heterocycles. The second-order valence-corrected chi connectivity index (χ2v) is 14.9. The highest BCUT2D eigenvalue weighted by Gasteiger charge is 2.70. The molecule has 4 aliphatic carbocycles. The van der Waals surface area contributed by atoms with E-state index in [0.717, 1.165) is 37.6 Å². The van der Waals surface area contributed by atoms with Gasteiger partial charge in [-0.05, 0) is 137 Å². The molecule has 0 aromatic heterocycles. The van der Waals surface area contributed by atoms with Crippen LogP contribution in [0.4, 0.5) is 0 Å². The Balaban J connectivity index is 1.58. The van der Waals surface area contributed by atoms with E-state index < -0.39 is 0 Å². The Kier molecular flexibility index (Phi) is 6.15. The van der Waals surface area contributed by atoms with Gasteiger partial charge < -0.3 is 10.1 Å². The Hall–Kier alpha value is -0.830. The van der Waals surface area contributed by atoms with Crippen LogP contribution < -0.4 is 5.32 Å². The van der Waals surface area contributed by atoms with Crippen molar-refractivity contribution in [3.63, 3.8) is 0 Å². The fraction of sp³-hybridized carbons (Fsp3) is 0.906. The molecule has 0 radical (unpaired) electrons. The third-order valence-electron chi connectivity index (χ3n) is 13.5. The van der Waals surface area contributed by atoms with Crippen LogP contribution in [0.15, 0.2) is 12.2 Å². The van der Waals surface area contributed by atoms with Gasteiger partial charge in [-0.2, -0.15) is 0 Å². The topological polar surface area (TPSA) is 38.3 Å². The van der Waals surface area contributed by atoms with Crippen molar-refractivity contribution in [1.29, 1.82) is 0 Å². The Morgan fingerprint density at radius 2 is 1.60 bits per heavy atom. The number of carbonyl (C=O) groups excluding carboxylic acids is 1. The summed E-state index contributed by atoms with van der Waals surface area (Å²) in [6.45, 7) is 20.8. The van der Waals surface area contributed by atoms with Crippen LogP contribution >= 0.6 is 0 Å². The van der Waals surface area contributed by atoms with Gasteiger partial charge in [0.1, 0.15) is 0 Å². The van der Waals surface area contributed by atoms with Gasteiger partial charge in [-0.25, -0.2) is 0 Å². The number of hydrogen-bond donors (Lipinski definition) is 1. The van der Waals surface area contributed by atoms with E-state index in [1.807, 2.05) is 0 Å². The van der Waals surface area contributed by atoms with Gasteiger partial charge in [-0.15, -0.1) is 0 Å². The van der Waals surface area contributed by atoms with Gasteiger partial charge in [0.25, 0.3) is 0 Å². The lowest BCUT2D eigenvalue weighted by Crippen LogP contribution is -2.67. The van der Waals surface area contributed by atoms with E-state index in [1.54, 1.807) is 7.11 Å². The molecule has 5 rings (SSSR count). The van der Waals surface area contributed by atoms with Crippen molar-refractivity contribution in [3.8, 4) is 0 Å². The minimum absolute atomic E-state index is 0.0787. The second-order valence-electron chi connectivity index (χ2n) is 14.9. The molecule has 0 aromatic rings. The Morgan fingerprint density at radius 3 is 2.29 bits per heavy atom. The van der Waals surface area contributed by atoms with Gasteiger partial charge in [0.2, 0.25) is 0 Å². The van der Waals surface area contributed by atoms with Gasteiger partial charge in [0.05, 0.1) is 12.5 Å². The van der Waals surface area contributed by atoms with Gasteiger partial charge >= 0.3 is 5.97 Å². The monoisotopic (exact) mass is 483 g/mol. The molecule has 0 bridgehead atoms. The number of hydrogen-bond acceptors (Lipinski definition) is 3. The molecule has 4 saturated carbocycles. The number of nitrogens with one attached hydrogen (secondary N) is 1. The van der Waals surface area contributed by atoms with E-state index >= 15 is 0 Å². The van der Waals surface area contributed by atoms with E-state index in [4.69, 9.17) is 4.74 Å². The van der Waals surface area contributed by atoms with E-state index in [-0.39, 0.29) is 22.3 Å². The third-order valence-corrected chi connectivity index (χ3v) is 13.5. The molecule has 3 nitrogen and oxygen atoms in total. The average molecular weight is 484 g/mol. The first kappa shape index (κ1) is 25.8. The van der Waals surface area contributed by atoms with Crippen LogP contribution in [0.2, 0.25) is 0 Å². The zero-order valence-electron chi connectivity index (χ0n) is 23.9. The largest absolute Gasteiger partial charge is 0.469 e. The maximum atomic E-state index is 13.5. The number of esters is 1. The summed E-state index contributed by atoms with van der Waals surface area (Å²) in [5.74, 6) is 3.04. The molecule has 5 aliphatic rings. The normalized spacial score (nSPS) is 51.0. The van der Waals surface area contributed by atoms with E-state index in [9.17, 15) is 4.79 Å². The van der Waals surface area contributed by atoms with Gasteiger partial charge in [0, 0.05) is 5.54 Å². The molecule has 1 saturated heterocycles. The molecular weight excluding hydrogens is 430 g/mol. The zero-order valence-corrected chi connectivity index (χ0v) is 23.9. The fourth-order valence-electron chi connectivity index (χ4n) is 11.8. The number of fused-ring (bicyclic) bond motifs is 7. The number of methoxy groups -OCH3 is 1. The molecule has 35 heavy (non-hydrogen) atoms. The minimum Gasteiger partial charge on any atom is -0.469 e. The lowest BCUT2D eigenvalue weighted by molar-refractivity contribution is -0.237. The first-order valence-corrected chi connectivity index (χ1v) is 14.9. The molecule has 0 unspecified atom stereocenters. The number of rotatable bonds is 2. The standard InChI is InChI=1S/C32H53NO2/c1-21(2)22-11-9-16-32(27(34)35-8)19-18-30(6)23(26(22)32)12-13-25-29(5)15-10-20-33-28(3,4)24(29)14-17-31(25,30)7/h22-26,33H,1,9-20H2,2-8H3/t22-,23-,24-,25+,26+,29-,30+,31+,32-/m0/s1. The van der Waals surface area contributed by atoms with Crippen LogP contribution in [0, 0.1) is 51.2 Å². The number of ether oxygens (including phenoxy) is 1. The molecule has 9 atom stereocenters.